The summed E-state index contributed by atoms with van der Waals surface area (Å²) in [5.41, 5.74) is 2.65. The third kappa shape index (κ3) is 3.11. The van der Waals surface area contributed by atoms with Crippen molar-refractivity contribution in [3.05, 3.63) is 35.4 Å². The first-order valence-corrected chi connectivity index (χ1v) is 6.79. The highest BCUT2D eigenvalue weighted by molar-refractivity contribution is 5.21. The minimum Gasteiger partial charge on any atom is -0.304 e. The molecule has 0 bridgehead atoms. The van der Waals surface area contributed by atoms with Crippen LogP contribution in [0.2, 0.25) is 0 Å². The second-order valence-corrected chi connectivity index (χ2v) is 5.72. The maximum atomic E-state index is 9.22. The summed E-state index contributed by atoms with van der Waals surface area (Å²) in [5, 5.41) is 9.22. The highest BCUT2D eigenvalue weighted by atomic mass is 15.1. The van der Waals surface area contributed by atoms with Crippen LogP contribution in [0.5, 0.6) is 0 Å². The van der Waals surface area contributed by atoms with Gasteiger partial charge in [-0.1, -0.05) is 36.2 Å². The van der Waals surface area contributed by atoms with Crippen molar-refractivity contribution in [3.63, 3.8) is 0 Å². The van der Waals surface area contributed by atoms with E-state index in [0.717, 1.165) is 32.4 Å². The van der Waals surface area contributed by atoms with E-state index in [4.69, 9.17) is 0 Å². The fourth-order valence-corrected chi connectivity index (χ4v) is 2.58. The largest absolute Gasteiger partial charge is 0.304 e. The molecule has 2 rings (SSSR count). The molecular formula is C16H22N2. The molecule has 0 aliphatic heterocycles. The van der Waals surface area contributed by atoms with Crippen LogP contribution < -0.4 is 0 Å². The molecule has 0 aromatic heterocycles. The highest BCUT2D eigenvalue weighted by Crippen LogP contribution is 2.40. The SMILES string of the molecule is Cc1ccc(CCN(C)CC2(C#N)CCC2)cc1. The van der Waals surface area contributed by atoms with Gasteiger partial charge in [0, 0.05) is 13.1 Å². The lowest BCUT2D eigenvalue weighted by molar-refractivity contribution is 0.139. The summed E-state index contributed by atoms with van der Waals surface area (Å²) in [6.07, 6.45) is 4.45. The number of benzene rings is 1. The Morgan fingerprint density at radius 1 is 1.28 bits per heavy atom. The van der Waals surface area contributed by atoms with Crippen LogP contribution >= 0.6 is 0 Å². The minimum atomic E-state index is -0.0397. The lowest BCUT2D eigenvalue weighted by Crippen LogP contribution is -2.40. The zero-order valence-electron chi connectivity index (χ0n) is 11.4. The number of rotatable bonds is 5. The Bertz CT molecular complexity index is 423. The summed E-state index contributed by atoms with van der Waals surface area (Å²) in [4.78, 5) is 2.31. The van der Waals surface area contributed by atoms with Crippen molar-refractivity contribution in [3.8, 4) is 6.07 Å². The third-order valence-corrected chi connectivity index (χ3v) is 4.02. The van der Waals surface area contributed by atoms with E-state index in [0.29, 0.717) is 0 Å². The van der Waals surface area contributed by atoms with E-state index in [2.05, 4.69) is 49.2 Å². The third-order valence-electron chi connectivity index (χ3n) is 4.02. The Morgan fingerprint density at radius 2 is 1.94 bits per heavy atom. The fraction of sp³-hybridized carbons (Fsp3) is 0.562. The lowest BCUT2D eigenvalue weighted by Gasteiger charge is -2.38. The molecule has 1 fully saturated rings. The topological polar surface area (TPSA) is 27.0 Å². The molecule has 0 spiro atoms. The van der Waals surface area contributed by atoms with E-state index in [1.807, 2.05) is 0 Å². The van der Waals surface area contributed by atoms with Gasteiger partial charge in [-0.05, 0) is 38.8 Å². The summed E-state index contributed by atoms with van der Waals surface area (Å²) in [6.45, 7) is 4.07. The second kappa shape index (κ2) is 5.54. The van der Waals surface area contributed by atoms with Gasteiger partial charge in [0.2, 0.25) is 0 Å². The zero-order valence-corrected chi connectivity index (χ0v) is 11.4. The van der Waals surface area contributed by atoms with Crippen molar-refractivity contribution in [1.82, 2.24) is 4.90 Å². The predicted molar refractivity (Wildman–Crippen MR) is 74.3 cm³/mol. The average Bonchev–Trinajstić information content (AvgIpc) is 2.33. The van der Waals surface area contributed by atoms with Gasteiger partial charge in [0.15, 0.2) is 0 Å². The number of hydrogen-bond acceptors (Lipinski definition) is 2. The van der Waals surface area contributed by atoms with Gasteiger partial charge in [0.1, 0.15) is 0 Å². The Hall–Kier alpha value is -1.33. The molecule has 0 atom stereocenters. The van der Waals surface area contributed by atoms with Gasteiger partial charge in [-0.3, -0.25) is 0 Å². The molecule has 1 aromatic carbocycles. The van der Waals surface area contributed by atoms with E-state index >= 15 is 0 Å². The fourth-order valence-electron chi connectivity index (χ4n) is 2.58. The Labute approximate surface area is 110 Å². The minimum absolute atomic E-state index is 0.0397. The normalized spacial score (nSPS) is 17.2. The van der Waals surface area contributed by atoms with E-state index < -0.39 is 0 Å². The van der Waals surface area contributed by atoms with Gasteiger partial charge in [-0.15, -0.1) is 0 Å². The van der Waals surface area contributed by atoms with Crippen LogP contribution in [0.3, 0.4) is 0 Å². The first-order valence-electron chi connectivity index (χ1n) is 6.79. The molecule has 0 saturated heterocycles. The standard InChI is InChI=1S/C16H22N2/c1-14-4-6-15(7-5-14)8-11-18(2)13-16(12-17)9-3-10-16/h4-7H,3,8-11,13H2,1-2H3. The molecular weight excluding hydrogens is 220 g/mol. The summed E-state index contributed by atoms with van der Waals surface area (Å²) in [5.74, 6) is 0. The smallest absolute Gasteiger partial charge is 0.0703 e. The van der Waals surface area contributed by atoms with Crippen LogP contribution in [-0.4, -0.2) is 25.0 Å². The maximum absolute atomic E-state index is 9.22. The van der Waals surface area contributed by atoms with E-state index in [-0.39, 0.29) is 5.41 Å². The number of likely N-dealkylation sites (N-methyl/N-ethyl adjacent to an activating group) is 1. The molecule has 0 radical (unpaired) electrons. The Morgan fingerprint density at radius 3 is 2.44 bits per heavy atom. The van der Waals surface area contributed by atoms with Crippen LogP contribution in [0.25, 0.3) is 0 Å². The average molecular weight is 242 g/mol. The summed E-state index contributed by atoms with van der Waals surface area (Å²) >= 11 is 0. The van der Waals surface area contributed by atoms with Crippen molar-refractivity contribution in [2.45, 2.75) is 32.6 Å². The molecule has 1 saturated carbocycles. The molecule has 1 aliphatic carbocycles. The van der Waals surface area contributed by atoms with Crippen LogP contribution in [0.15, 0.2) is 24.3 Å². The molecule has 0 unspecified atom stereocenters. The van der Waals surface area contributed by atoms with Crippen molar-refractivity contribution in [2.24, 2.45) is 5.41 Å². The molecule has 96 valence electrons. The van der Waals surface area contributed by atoms with Crippen LogP contribution in [0, 0.1) is 23.7 Å². The van der Waals surface area contributed by atoms with E-state index in [1.165, 1.54) is 17.5 Å². The van der Waals surface area contributed by atoms with Crippen molar-refractivity contribution in [1.29, 1.82) is 5.26 Å². The van der Waals surface area contributed by atoms with Crippen LogP contribution in [0.1, 0.15) is 30.4 Å². The quantitative estimate of drug-likeness (QED) is 0.793. The van der Waals surface area contributed by atoms with E-state index in [9.17, 15) is 5.26 Å². The van der Waals surface area contributed by atoms with Crippen molar-refractivity contribution < 1.29 is 0 Å². The molecule has 0 amide bonds. The monoisotopic (exact) mass is 242 g/mol. The van der Waals surface area contributed by atoms with Gasteiger partial charge in [0.05, 0.1) is 11.5 Å². The Kier molecular flexibility index (Phi) is 4.04. The summed E-state index contributed by atoms with van der Waals surface area (Å²) < 4.78 is 0. The summed E-state index contributed by atoms with van der Waals surface area (Å²) in [7, 11) is 2.13. The molecule has 18 heavy (non-hydrogen) atoms. The van der Waals surface area contributed by atoms with Crippen LogP contribution in [-0.2, 0) is 6.42 Å². The molecule has 1 aromatic rings. The van der Waals surface area contributed by atoms with Gasteiger partial charge in [-0.25, -0.2) is 0 Å². The number of hydrogen-bond donors (Lipinski definition) is 0. The summed E-state index contributed by atoms with van der Waals surface area (Å²) in [6, 6.07) is 11.2. The highest BCUT2D eigenvalue weighted by Gasteiger charge is 2.37. The first-order chi connectivity index (χ1) is 8.63. The lowest BCUT2D eigenvalue weighted by atomic mass is 9.69. The zero-order chi connectivity index (χ0) is 13.0. The van der Waals surface area contributed by atoms with Crippen LogP contribution in [0.4, 0.5) is 0 Å². The van der Waals surface area contributed by atoms with Gasteiger partial charge in [0.25, 0.3) is 0 Å². The van der Waals surface area contributed by atoms with Gasteiger partial charge >= 0.3 is 0 Å². The predicted octanol–water partition coefficient (Wildman–Crippen LogP) is 3.16. The van der Waals surface area contributed by atoms with Gasteiger partial charge in [-0.2, -0.15) is 5.26 Å². The number of nitriles is 1. The van der Waals surface area contributed by atoms with Gasteiger partial charge < -0.3 is 4.90 Å². The molecule has 0 N–H and O–H groups in total. The maximum Gasteiger partial charge on any atom is 0.0703 e. The molecule has 1 aliphatic rings. The van der Waals surface area contributed by atoms with E-state index in [1.54, 1.807) is 0 Å². The second-order valence-electron chi connectivity index (χ2n) is 5.72. The van der Waals surface area contributed by atoms with Crippen molar-refractivity contribution in [2.75, 3.05) is 20.1 Å². The van der Waals surface area contributed by atoms with Crippen molar-refractivity contribution >= 4 is 0 Å². The molecule has 0 heterocycles. The molecule has 2 heteroatoms. The molecule has 2 nitrogen and oxygen atoms in total. The Balaban J connectivity index is 1.80. The first kappa shape index (κ1) is 13.1. The number of nitrogens with zero attached hydrogens (tertiary/aromatic N) is 2. The number of aryl methyl sites for hydroxylation is 1.